The summed E-state index contributed by atoms with van der Waals surface area (Å²) in [6.07, 6.45) is 6.45. The van der Waals surface area contributed by atoms with Crippen LogP contribution in [0.3, 0.4) is 0 Å². The van der Waals surface area contributed by atoms with E-state index in [0.717, 1.165) is 107 Å². The minimum Gasteiger partial charge on any atom is -0.540 e. The first-order valence-electron chi connectivity index (χ1n) is 34.1. The van der Waals surface area contributed by atoms with Crippen molar-refractivity contribution in [3.8, 4) is 146 Å². The molecule has 16 rings (SSSR count). The van der Waals surface area contributed by atoms with E-state index < -0.39 is 0 Å². The van der Waals surface area contributed by atoms with E-state index in [4.69, 9.17) is 9.47 Å². The van der Waals surface area contributed by atoms with Crippen molar-refractivity contribution in [1.29, 1.82) is 0 Å². The van der Waals surface area contributed by atoms with Crippen LogP contribution in [0.5, 0.6) is 11.5 Å². The molecule has 12 aromatic carbocycles. The van der Waals surface area contributed by atoms with Crippen molar-refractivity contribution in [2.45, 2.75) is 27.7 Å². The van der Waals surface area contributed by atoms with E-state index in [1.165, 1.54) is 61.2 Å². The van der Waals surface area contributed by atoms with Gasteiger partial charge in [-0.25, -0.2) is 19.9 Å². The largest absolute Gasteiger partial charge is 0.540 e. The number of aryl methyl sites for hydroxylation is 4. The van der Waals surface area contributed by atoms with Crippen molar-refractivity contribution in [1.82, 2.24) is 39.9 Å². The molecule has 16 aromatic rings. The molecule has 0 atom stereocenters. The molecule has 0 fully saturated rings. The fourth-order valence-electron chi connectivity index (χ4n) is 12.2. The third-order valence-corrected chi connectivity index (χ3v) is 17.7. The Balaban J connectivity index is 0.000000166. The predicted octanol–water partition coefficient (Wildman–Crippen LogP) is 22.4. The Morgan fingerprint density at radius 3 is 1.01 bits per heavy atom. The van der Waals surface area contributed by atoms with Crippen molar-refractivity contribution in [3.63, 3.8) is 0 Å². The molecule has 0 aliphatic rings. The van der Waals surface area contributed by atoms with Crippen LogP contribution in [0.25, 0.3) is 135 Å². The summed E-state index contributed by atoms with van der Waals surface area (Å²) in [7, 11) is 3.30. The first-order valence-corrected chi connectivity index (χ1v) is 34.1. The minimum absolute atomic E-state index is 0. The van der Waals surface area contributed by atoms with E-state index in [1.807, 2.05) is 121 Å². The number of ether oxygens (including phenoxy) is 2. The van der Waals surface area contributed by atoms with Crippen LogP contribution in [0, 0.1) is 52.0 Å². The van der Waals surface area contributed by atoms with Crippen LogP contribution in [0.15, 0.2) is 329 Å². The Labute approximate surface area is 686 Å². The Bertz CT molecular complexity index is 5280. The number of aromatic nitrogens is 8. The molecule has 14 heteroatoms. The summed E-state index contributed by atoms with van der Waals surface area (Å²) in [4.78, 5) is 35.6. The summed E-state index contributed by atoms with van der Waals surface area (Å²) >= 11 is 0. The van der Waals surface area contributed by atoms with Crippen LogP contribution >= 0.6 is 0 Å². The molecule has 0 saturated carbocycles. The van der Waals surface area contributed by atoms with E-state index in [-0.39, 0.29) is 80.4 Å². The number of nitrogens with zero attached hydrogens (tertiary/aromatic N) is 8. The fraction of sp³-hybridized carbons (Fsp3) is 0.0638. The minimum atomic E-state index is 0. The van der Waals surface area contributed by atoms with Gasteiger partial charge in [-0.2, -0.15) is 0 Å². The number of rotatable bonds is 14. The first-order chi connectivity index (χ1) is 51.1. The molecule has 108 heavy (non-hydrogen) atoms. The van der Waals surface area contributed by atoms with Gasteiger partial charge in [-0.3, -0.25) is 19.9 Å². The zero-order chi connectivity index (χ0) is 71.4. The van der Waals surface area contributed by atoms with Gasteiger partial charge in [-0.15, -0.1) is 125 Å². The van der Waals surface area contributed by atoms with Gasteiger partial charge in [-0.1, -0.05) is 236 Å². The van der Waals surface area contributed by atoms with E-state index in [0.29, 0.717) is 0 Å². The average molecular weight is 2110 g/mol. The van der Waals surface area contributed by atoms with Gasteiger partial charge in [0.2, 0.25) is 0 Å². The van der Waals surface area contributed by atoms with Crippen molar-refractivity contribution < 1.29 is 89.9 Å². The van der Waals surface area contributed by atoms with Crippen molar-refractivity contribution in [2.24, 2.45) is 0 Å². The molecule has 4 heterocycles. The fourth-order valence-corrected chi connectivity index (χ4v) is 12.2. The average Bonchev–Trinajstić information content (AvgIpc) is 0.822. The molecule has 540 valence electrons. The Hall–Kier alpha value is -10.8. The summed E-state index contributed by atoms with van der Waals surface area (Å²) in [6, 6.07) is 116. The molecule has 0 amide bonds. The second kappa shape index (κ2) is 40.2. The summed E-state index contributed by atoms with van der Waals surface area (Å²) in [5, 5.41) is 0. The monoisotopic (exact) mass is 2120 g/mol. The molecule has 10 nitrogen and oxygen atoms in total. The van der Waals surface area contributed by atoms with Crippen molar-refractivity contribution in [2.75, 3.05) is 14.2 Å². The van der Waals surface area contributed by atoms with Crippen LogP contribution in [-0.4, -0.2) is 54.1 Å². The topological polar surface area (TPSA) is 122 Å². The molecule has 4 radical (unpaired) electrons. The van der Waals surface area contributed by atoms with Gasteiger partial charge in [0.05, 0.1) is 37.0 Å². The van der Waals surface area contributed by atoms with Gasteiger partial charge in [0, 0.05) is 109 Å². The van der Waals surface area contributed by atoms with Crippen molar-refractivity contribution >= 4 is 0 Å². The number of hydrogen-bond acceptors (Lipinski definition) is 10. The van der Waals surface area contributed by atoms with Crippen LogP contribution in [0.2, 0.25) is 0 Å². The maximum atomic E-state index is 5.27. The molecule has 0 spiro atoms. The van der Waals surface area contributed by atoms with Crippen LogP contribution in [0.4, 0.5) is 0 Å². The first kappa shape index (κ1) is 81.2. The molecule has 4 aromatic heterocycles. The second-order valence-electron chi connectivity index (χ2n) is 24.6. The van der Waals surface area contributed by atoms with Gasteiger partial charge < -0.3 is 9.47 Å². The zero-order valence-corrected chi connectivity index (χ0v) is 69.5. The smallest absolute Gasteiger partial charge is 0.106 e. The van der Waals surface area contributed by atoms with Gasteiger partial charge in [-0.05, 0) is 112 Å². The van der Waals surface area contributed by atoms with E-state index in [2.05, 4.69) is 274 Å². The molecular formula is C94H72Ir4N8O2-4. The third kappa shape index (κ3) is 20.8. The summed E-state index contributed by atoms with van der Waals surface area (Å²) in [6.45, 7) is 8.40. The number of hydrogen-bond donors (Lipinski definition) is 0. The van der Waals surface area contributed by atoms with Gasteiger partial charge in [0.15, 0.2) is 0 Å². The van der Waals surface area contributed by atoms with Gasteiger partial charge >= 0.3 is 0 Å². The van der Waals surface area contributed by atoms with E-state index in [9.17, 15) is 0 Å². The molecule has 0 aliphatic heterocycles. The Morgan fingerprint density at radius 1 is 0.222 bits per heavy atom. The summed E-state index contributed by atoms with van der Waals surface area (Å²) in [5.74, 6) is 1.58. The molecular weight excluding hydrogens is 2040 g/mol. The molecule has 0 aliphatic carbocycles. The maximum absolute atomic E-state index is 5.27. The van der Waals surface area contributed by atoms with Crippen LogP contribution in [0.1, 0.15) is 22.3 Å². The predicted molar refractivity (Wildman–Crippen MR) is 421 cm³/mol. The Morgan fingerprint density at radius 2 is 0.556 bits per heavy atom. The van der Waals surface area contributed by atoms with E-state index >= 15 is 0 Å². The summed E-state index contributed by atoms with van der Waals surface area (Å²) < 4.78 is 10.4. The number of methoxy groups -OCH3 is 2. The zero-order valence-electron chi connectivity index (χ0n) is 59.9. The molecule has 0 N–H and O–H groups in total. The molecule has 0 saturated heterocycles. The Kier molecular flexibility index (Phi) is 30.2. The quantitative estimate of drug-likeness (QED) is 0.0973. The van der Waals surface area contributed by atoms with Crippen LogP contribution < -0.4 is 9.47 Å². The normalized spacial score (nSPS) is 10.2. The summed E-state index contributed by atoms with van der Waals surface area (Å²) in [5.41, 5.74) is 29.6. The van der Waals surface area contributed by atoms with E-state index in [1.54, 1.807) is 39.5 Å². The van der Waals surface area contributed by atoms with Crippen LogP contribution in [-0.2, 0) is 80.4 Å². The van der Waals surface area contributed by atoms with Gasteiger partial charge in [0.25, 0.3) is 0 Å². The SMILES string of the molecule is COc1c[c-]c(-c2cc(-c3c(C)cccc3C)ncn2)cc1.COc1cc[c-]c(-c2cc(-c3c(C)cccc3C)ncn2)c1.[Ir].[Ir].[Ir].[Ir].[c-]1cc(-c2ccccc2)ccc1-c1cc(-c2ccc(-c3ccccc3)cc2)ncn1.[c-]1ccc(-c2ccccc2)cc1-c1cc(-c2cccc(-c3ccccc3)c2)ncn1. The molecule has 0 unspecified atom stereocenters. The maximum Gasteiger partial charge on any atom is 0.106 e. The number of benzene rings is 12. The standard InChI is InChI=1S/2C28H19N2.2C19H17N2O.4Ir/c1-3-9-21(10-4-1)23-13-7-15-25(17-23)27-19-28(30-20-29-27)26-16-8-14-24(18-26)22-11-5-2-6-12-22;1-3-7-21(8-4-1)23-11-15-25(16-12-23)27-19-28(30-20-29-27)26-17-13-24(14-18-26)22-9-5-2-6-10-22;1-13-6-4-7-14(2)19(13)18-11-17(20-12-21-18)15-8-5-9-16(10-15)22-3;1-13-5-4-6-14(2)19(13)18-11-17(20-12-21-18)15-7-9-16(22-3)10-8-15;;;;/h1-15,17-20H;1-17,19-20H;2*4-7,9-12H,1-3H3;;;;/q4*-1;;;;. The second-order valence-corrected chi connectivity index (χ2v) is 24.6. The van der Waals surface area contributed by atoms with Gasteiger partial charge in [0.1, 0.15) is 25.3 Å². The molecule has 0 bridgehead atoms. The van der Waals surface area contributed by atoms with Crippen molar-refractivity contribution in [3.05, 3.63) is 375 Å². The third-order valence-electron chi connectivity index (χ3n) is 17.7.